The van der Waals surface area contributed by atoms with Gasteiger partial charge in [0.15, 0.2) is 0 Å². The minimum Gasteiger partial charge on any atom is -0.380 e. The number of hydrogen-bond donors (Lipinski definition) is 2. The summed E-state index contributed by atoms with van der Waals surface area (Å²) in [6.07, 6.45) is 19.5. The maximum absolute atomic E-state index is 5.22. The number of piperidine rings is 1. The molecule has 73 heavy (non-hydrogen) atoms. The Hall–Kier alpha value is 0.140. The van der Waals surface area contributed by atoms with Gasteiger partial charge in [0.05, 0.1) is 19.8 Å². The van der Waals surface area contributed by atoms with Gasteiger partial charge >= 0.3 is 0 Å². The third-order valence-electron chi connectivity index (χ3n) is 14.3. The van der Waals surface area contributed by atoms with Crippen LogP contribution in [0.15, 0.2) is 0 Å². The summed E-state index contributed by atoms with van der Waals surface area (Å²) in [7, 11) is 21.7. The Bertz CT molecular complexity index is 897. The van der Waals surface area contributed by atoms with Crippen molar-refractivity contribution in [3.05, 3.63) is 0 Å². The largest absolute Gasteiger partial charge is 0.380 e. The Labute approximate surface area is 464 Å². The van der Waals surface area contributed by atoms with Gasteiger partial charge in [-0.05, 0) is 219 Å². The van der Waals surface area contributed by atoms with E-state index in [-0.39, 0.29) is 7.43 Å². The lowest BCUT2D eigenvalue weighted by Crippen LogP contribution is -2.40. The number of ether oxygens (including phenoxy) is 2. The molecule has 0 amide bonds. The highest BCUT2D eigenvalue weighted by Gasteiger charge is 2.08. The predicted octanol–water partition coefficient (Wildman–Crippen LogP) is 6.09. The molecule has 0 atom stereocenters. The van der Waals surface area contributed by atoms with Gasteiger partial charge in [0.1, 0.15) is 0 Å². The maximum Gasteiger partial charge on any atom is 0.0594 e. The average Bonchev–Trinajstić information content (AvgIpc) is 3.68. The van der Waals surface area contributed by atoms with Crippen LogP contribution in [-0.4, -0.2) is 326 Å². The van der Waals surface area contributed by atoms with E-state index in [1.54, 1.807) is 0 Å². The van der Waals surface area contributed by atoms with Crippen molar-refractivity contribution in [3.8, 4) is 0 Å². The maximum atomic E-state index is 5.22. The van der Waals surface area contributed by atoms with E-state index >= 15 is 0 Å². The summed E-state index contributed by atoms with van der Waals surface area (Å²) in [6.45, 7) is 33.4. The van der Waals surface area contributed by atoms with E-state index in [9.17, 15) is 0 Å². The lowest BCUT2D eigenvalue weighted by atomic mass is 10.1. The number of piperazine rings is 1. The van der Waals surface area contributed by atoms with Crippen LogP contribution in [0.25, 0.3) is 0 Å². The number of morpholine rings is 1. The van der Waals surface area contributed by atoms with Crippen LogP contribution in [0, 0.1) is 0 Å². The first kappa shape index (κ1) is 73.1. The smallest absolute Gasteiger partial charge is 0.0594 e. The number of hydrogen-bond acceptors (Lipinski definition) is 16. The Balaban J connectivity index is 0.000000789. The molecule has 10 aliphatic heterocycles. The van der Waals surface area contributed by atoms with Crippen LogP contribution in [0.5, 0.6) is 0 Å². The topological polar surface area (TPSA) is 74.9 Å². The number of nitrogens with one attached hydrogen (secondary N) is 2. The second-order valence-corrected chi connectivity index (χ2v) is 24.4. The Morgan fingerprint density at radius 3 is 0.890 bits per heavy atom. The van der Waals surface area contributed by atoms with Crippen LogP contribution < -0.4 is 10.6 Å². The number of likely N-dealkylation sites (N-methyl/N-ethyl adjacent to an activating group) is 4. The molecule has 0 aromatic heterocycles. The fraction of sp³-hybridized carbons (Fsp3) is 1.00. The van der Waals surface area contributed by atoms with Gasteiger partial charge in [0.25, 0.3) is 0 Å². The zero-order valence-corrected chi connectivity index (χ0v) is 51.3. The van der Waals surface area contributed by atoms with Gasteiger partial charge in [-0.1, -0.05) is 26.7 Å². The van der Waals surface area contributed by atoms with E-state index < -0.39 is 0 Å². The third-order valence-corrected chi connectivity index (χ3v) is 16.3. The highest BCUT2D eigenvalue weighted by atomic mass is 32.2. The first-order valence-corrected chi connectivity index (χ1v) is 31.8. The van der Waals surface area contributed by atoms with Gasteiger partial charge in [0, 0.05) is 109 Å². The summed E-state index contributed by atoms with van der Waals surface area (Å²) in [6, 6.07) is 0. The van der Waals surface area contributed by atoms with E-state index in [1.165, 1.54) is 231 Å². The molecule has 0 aromatic carbocycles. The van der Waals surface area contributed by atoms with E-state index in [0.717, 1.165) is 65.7 Å². The minimum atomic E-state index is 0. The van der Waals surface area contributed by atoms with Crippen molar-refractivity contribution in [2.45, 2.75) is 97.3 Å². The van der Waals surface area contributed by atoms with Crippen molar-refractivity contribution in [3.63, 3.8) is 0 Å². The molecule has 10 fully saturated rings. The summed E-state index contributed by atoms with van der Waals surface area (Å²) in [5, 5.41) is 6.61. The van der Waals surface area contributed by atoms with Crippen molar-refractivity contribution < 1.29 is 9.47 Å². The molecule has 10 rings (SSSR count). The first-order chi connectivity index (χ1) is 34.9. The standard InChI is InChI=1S/C7H15N.C6H14N2.C6H13NO.C6H13NS.C6H13N.C5H12N2.C5H11NO.C5H11NS.2C5H11N.CH4/c1-8-6-4-2-3-5-7-8;1-8-5-2-3-7-4-6-8;2*1-7-3-2-5-8-6-4-7;1-7-5-3-2-4-6-7;1-7-4-2-6-3-5-7;2*1-6-2-4-7-5-3-6;2*1-6-4-2-3-5-6;/h2-7H2,1H3;7H,2-6H2,1H3;2*2-6H2,1H3;2-6H2,1H3;6H,2-5H2,1H3;2*2-5H2,1H3;2*2-5H2,1H3;1H4. The normalized spacial score (nSPS) is 24.9. The summed E-state index contributed by atoms with van der Waals surface area (Å²) in [5.74, 6) is 5.36. The van der Waals surface area contributed by atoms with Crippen molar-refractivity contribution in [2.24, 2.45) is 0 Å². The lowest BCUT2D eigenvalue weighted by molar-refractivity contribution is 0.0503. The Kier molecular flexibility index (Phi) is 54.2. The van der Waals surface area contributed by atoms with Gasteiger partial charge in [0.2, 0.25) is 0 Å². The van der Waals surface area contributed by atoms with Crippen molar-refractivity contribution in [2.75, 3.05) is 277 Å². The number of nitrogens with zero attached hydrogens (tertiary/aromatic N) is 10. The molecular weight excluding hydrogens is 949 g/mol. The molecule has 0 unspecified atom stereocenters. The van der Waals surface area contributed by atoms with E-state index in [2.05, 4.69) is 154 Å². The van der Waals surface area contributed by atoms with Crippen molar-refractivity contribution >= 4 is 23.5 Å². The molecule has 10 heterocycles. The van der Waals surface area contributed by atoms with Crippen LogP contribution in [-0.2, 0) is 9.47 Å². The molecule has 0 radical (unpaired) electrons. The minimum absolute atomic E-state index is 0. The molecule has 10 saturated heterocycles. The second kappa shape index (κ2) is 54.1. The highest BCUT2D eigenvalue weighted by molar-refractivity contribution is 7.99. The van der Waals surface area contributed by atoms with Gasteiger partial charge in [-0.25, -0.2) is 0 Å². The predicted molar refractivity (Wildman–Crippen MR) is 328 cm³/mol. The van der Waals surface area contributed by atoms with Crippen LogP contribution in [0.4, 0.5) is 0 Å². The highest BCUT2D eigenvalue weighted by Crippen LogP contribution is 2.09. The fourth-order valence-corrected chi connectivity index (χ4v) is 10.9. The summed E-state index contributed by atoms with van der Waals surface area (Å²) in [5.41, 5.74) is 0. The molecule has 440 valence electrons. The zero-order chi connectivity index (χ0) is 52.5. The van der Waals surface area contributed by atoms with E-state index in [0.29, 0.717) is 0 Å². The molecule has 0 aromatic rings. The van der Waals surface area contributed by atoms with Gasteiger partial charge in [-0.15, -0.1) is 0 Å². The molecule has 10 aliphatic rings. The van der Waals surface area contributed by atoms with Gasteiger partial charge in [-0.2, -0.15) is 23.5 Å². The number of thioether (sulfide) groups is 2. The molecule has 16 heteroatoms. The number of rotatable bonds is 0. The SMILES string of the molecule is C.CN1CCCC1.CN1CCCC1.CN1CCCCC1.CN1CCCCCC1.CN1CCCNCC1.CN1CCCOCC1.CN1CCCSCC1.CN1CCNCC1.CN1CCOCC1.CN1CCSCC1. The molecule has 0 spiro atoms. The van der Waals surface area contributed by atoms with Crippen LogP contribution in [0.3, 0.4) is 0 Å². The van der Waals surface area contributed by atoms with E-state index in [1.807, 2.05) is 0 Å². The number of likely N-dealkylation sites (tertiary alicyclic amines) is 4. The molecule has 14 nitrogen and oxygen atoms in total. The quantitative estimate of drug-likeness (QED) is 0.294. The van der Waals surface area contributed by atoms with Crippen LogP contribution >= 0.6 is 23.5 Å². The summed E-state index contributed by atoms with van der Waals surface area (Å²) >= 11 is 4.13. The van der Waals surface area contributed by atoms with E-state index in [4.69, 9.17) is 9.47 Å². The monoisotopic (exact) mass is 1080 g/mol. The van der Waals surface area contributed by atoms with Crippen LogP contribution in [0.1, 0.15) is 97.3 Å². The molecule has 2 N–H and O–H groups in total. The average molecular weight is 1080 g/mol. The van der Waals surface area contributed by atoms with Crippen LogP contribution in [0.2, 0.25) is 0 Å². The van der Waals surface area contributed by atoms with Gasteiger partial charge in [-0.3, -0.25) is 0 Å². The summed E-state index contributed by atoms with van der Waals surface area (Å²) < 4.78 is 10.3. The zero-order valence-electron chi connectivity index (χ0n) is 49.6. The molecule has 0 bridgehead atoms. The third kappa shape index (κ3) is 52.6. The Morgan fingerprint density at radius 1 is 0.233 bits per heavy atom. The summed E-state index contributed by atoms with van der Waals surface area (Å²) in [4.78, 5) is 23.6. The van der Waals surface area contributed by atoms with Crippen molar-refractivity contribution in [1.82, 2.24) is 59.6 Å². The first-order valence-electron chi connectivity index (χ1n) is 29.5. The second-order valence-electron chi connectivity index (χ2n) is 21.9. The van der Waals surface area contributed by atoms with Crippen molar-refractivity contribution in [1.29, 1.82) is 0 Å². The molecule has 0 saturated carbocycles. The Morgan fingerprint density at radius 2 is 0.493 bits per heavy atom. The molecule has 0 aliphatic carbocycles. The fourth-order valence-electron chi connectivity index (χ4n) is 8.84. The van der Waals surface area contributed by atoms with Gasteiger partial charge < -0.3 is 69.1 Å². The lowest BCUT2D eigenvalue weighted by Gasteiger charge is -2.21. The molecular formula is C57H128N12O2S2.